The van der Waals surface area contributed by atoms with Gasteiger partial charge in [0.2, 0.25) is 0 Å². The molecule has 0 fully saturated rings. The summed E-state index contributed by atoms with van der Waals surface area (Å²) in [7, 11) is 0. The molecule has 0 unspecified atom stereocenters. The number of carboxylic acids is 2. The van der Waals surface area contributed by atoms with Crippen molar-refractivity contribution in [2.24, 2.45) is 0 Å². The molecule has 0 aromatic rings. The summed E-state index contributed by atoms with van der Waals surface area (Å²) in [5.74, 6) is -2.84. The Morgan fingerprint density at radius 2 is 1.21 bits per heavy atom. The van der Waals surface area contributed by atoms with Crippen LogP contribution in [0, 0.1) is 0 Å². The maximum atomic E-state index is 10.2. The summed E-state index contributed by atoms with van der Waals surface area (Å²) in [6, 6.07) is 0. The van der Waals surface area contributed by atoms with Crippen LogP contribution < -0.4 is 10.2 Å². The van der Waals surface area contributed by atoms with Gasteiger partial charge in [0.1, 0.15) is 0 Å². The van der Waals surface area contributed by atoms with Crippen LogP contribution in [0.5, 0.6) is 0 Å². The Balaban J connectivity index is 0. The second-order valence-electron chi connectivity index (χ2n) is 1.98. The zero-order valence-corrected chi connectivity index (χ0v) is 7.79. The van der Waals surface area contributed by atoms with Crippen molar-refractivity contribution in [1.29, 1.82) is 0 Å². The summed E-state index contributed by atoms with van der Waals surface area (Å²) in [6.45, 7) is 0. The predicted octanol–water partition coefficient (Wildman–Crippen LogP) is -3.10. The van der Waals surface area contributed by atoms with Gasteiger partial charge in [-0.25, -0.2) is 0 Å². The number of carbonyl (C=O) groups excluding carboxylic acids is 2. The van der Waals surface area contributed by atoms with Crippen molar-refractivity contribution in [1.82, 2.24) is 0 Å². The second-order valence-corrected chi connectivity index (χ2v) is 1.98. The summed E-state index contributed by atoms with van der Waals surface area (Å²) in [4.78, 5) is 20.3. The Kier molecular flexibility index (Phi) is 7.37. The first-order chi connectivity index (χ1) is 5.61. The predicted molar refractivity (Wildman–Crippen MR) is 44.7 cm³/mol. The van der Waals surface area contributed by atoms with Gasteiger partial charge in [-0.3, -0.25) is 0 Å². The van der Waals surface area contributed by atoms with Crippen molar-refractivity contribution in [2.75, 3.05) is 0 Å². The van der Waals surface area contributed by atoms with Gasteiger partial charge in [-0.15, -0.1) is 11.5 Å². The molecule has 0 aliphatic heterocycles. The van der Waals surface area contributed by atoms with Crippen molar-refractivity contribution in [3.05, 3.63) is 34.8 Å². The molecule has 0 atom stereocenters. The molecular weight excluding hydrogens is 174 g/mol. The van der Waals surface area contributed by atoms with Crippen molar-refractivity contribution < 1.29 is 19.8 Å². The van der Waals surface area contributed by atoms with Crippen LogP contribution in [-0.2, 0) is 9.59 Å². The fourth-order valence-electron chi connectivity index (χ4n) is 0.619. The van der Waals surface area contributed by atoms with Gasteiger partial charge in [0.05, 0.1) is 11.9 Å². The molecule has 1 rings (SSSR count). The van der Waals surface area contributed by atoms with Crippen molar-refractivity contribution in [3.8, 4) is 0 Å². The first-order valence-electron chi connectivity index (χ1n) is 2.97. The van der Waals surface area contributed by atoms with E-state index in [4.69, 9.17) is 0 Å². The van der Waals surface area contributed by atoms with E-state index in [2.05, 4.69) is 11.5 Å². The first-order valence-corrected chi connectivity index (χ1v) is 2.97. The van der Waals surface area contributed by atoms with E-state index in [1.807, 2.05) is 0 Å². The molecule has 0 N–H and O–H groups in total. The maximum absolute atomic E-state index is 10.2. The van der Waals surface area contributed by atoms with Gasteiger partial charge < -0.3 is 19.8 Å². The molecule has 14 heavy (non-hydrogen) atoms. The molecule has 0 bridgehead atoms. The minimum absolute atomic E-state index is 0. The van der Waals surface area contributed by atoms with Crippen LogP contribution in [0.15, 0.2) is 34.8 Å². The van der Waals surface area contributed by atoms with Gasteiger partial charge >= 0.3 is 0 Å². The normalized spacial score (nSPS) is 11.7. The molecule has 0 aromatic heterocycles. The summed E-state index contributed by atoms with van der Waals surface area (Å²) in [5, 5.41) is 20.3. The third kappa shape index (κ3) is 3.92. The fraction of sp³-hybridized carbons (Fsp3) is 0. The molecule has 0 aromatic carbocycles. The number of hydrogen-bond acceptors (Lipinski definition) is 4. The van der Waals surface area contributed by atoms with E-state index >= 15 is 0 Å². The SMILES string of the molecule is O=C([O-])C1=C=CC(C(=O)[O-])=C=C1.[Li].[Li]. The molecule has 4 nitrogen and oxygen atoms in total. The average Bonchev–Trinajstić information content (AvgIpc) is 2.04. The third-order valence-electron chi connectivity index (χ3n) is 1.18. The van der Waals surface area contributed by atoms with Crippen molar-refractivity contribution in [2.45, 2.75) is 0 Å². The molecule has 0 amide bonds. The number of aliphatic carboxylic acids is 2. The third-order valence-corrected chi connectivity index (χ3v) is 1.18. The fourth-order valence-corrected chi connectivity index (χ4v) is 0.619. The Labute approximate surface area is 104 Å². The van der Waals surface area contributed by atoms with E-state index < -0.39 is 11.9 Å². The monoisotopic (exact) mass is 176 g/mol. The molecule has 0 saturated carbocycles. The summed E-state index contributed by atoms with van der Waals surface area (Å²) < 4.78 is 0. The number of carboxylic acid groups (broad SMARTS) is 2. The number of hydrogen-bond donors (Lipinski definition) is 0. The number of rotatable bonds is 2. The van der Waals surface area contributed by atoms with Crippen LogP contribution in [0.1, 0.15) is 0 Å². The zero-order chi connectivity index (χ0) is 9.14. The summed E-state index contributed by atoms with van der Waals surface area (Å²) in [6.07, 6.45) is 1.95. The molecular formula is C8H2Li2O4-2. The Bertz CT molecular complexity index is 344. The van der Waals surface area contributed by atoms with Crippen LogP contribution >= 0.6 is 0 Å². The van der Waals surface area contributed by atoms with Crippen LogP contribution in [-0.4, -0.2) is 49.7 Å². The number of carbonyl (C=O) groups is 2. The van der Waals surface area contributed by atoms with E-state index in [1.165, 1.54) is 0 Å². The minimum Gasteiger partial charge on any atom is -0.544 e. The first kappa shape index (κ1) is 15.6. The Morgan fingerprint density at radius 1 is 0.929 bits per heavy atom. The van der Waals surface area contributed by atoms with Crippen LogP contribution in [0.4, 0.5) is 0 Å². The van der Waals surface area contributed by atoms with Gasteiger partial charge in [-0.2, -0.15) is 0 Å². The quantitative estimate of drug-likeness (QED) is 0.329. The van der Waals surface area contributed by atoms with E-state index in [-0.39, 0.29) is 48.9 Å². The van der Waals surface area contributed by atoms with Gasteiger partial charge in [-0.1, -0.05) is 0 Å². The molecule has 2 radical (unpaired) electrons. The van der Waals surface area contributed by atoms with E-state index in [0.29, 0.717) is 0 Å². The van der Waals surface area contributed by atoms with Crippen molar-refractivity contribution >= 4 is 49.7 Å². The molecule has 0 heterocycles. The van der Waals surface area contributed by atoms with Crippen LogP contribution in [0.3, 0.4) is 0 Å². The molecule has 1 aliphatic rings. The van der Waals surface area contributed by atoms with Crippen LogP contribution in [0.2, 0.25) is 0 Å². The summed E-state index contributed by atoms with van der Waals surface area (Å²) >= 11 is 0. The van der Waals surface area contributed by atoms with E-state index in [9.17, 15) is 19.8 Å². The van der Waals surface area contributed by atoms with Gasteiger partial charge in [0, 0.05) is 48.9 Å². The van der Waals surface area contributed by atoms with Crippen LogP contribution in [0.25, 0.3) is 0 Å². The van der Waals surface area contributed by atoms with Gasteiger partial charge in [-0.05, 0) is 12.2 Å². The smallest absolute Gasteiger partial charge is 0.0799 e. The van der Waals surface area contributed by atoms with Gasteiger partial charge in [0.25, 0.3) is 0 Å². The molecule has 0 spiro atoms. The Hall–Kier alpha value is -0.825. The molecule has 62 valence electrons. The summed E-state index contributed by atoms with van der Waals surface area (Å²) in [5.41, 5.74) is 3.94. The van der Waals surface area contributed by atoms with Gasteiger partial charge in [0.15, 0.2) is 0 Å². The zero-order valence-electron chi connectivity index (χ0n) is 7.79. The molecule has 6 heteroatoms. The largest absolute Gasteiger partial charge is 0.544 e. The van der Waals surface area contributed by atoms with Crippen molar-refractivity contribution in [3.63, 3.8) is 0 Å². The maximum Gasteiger partial charge on any atom is 0.0799 e. The van der Waals surface area contributed by atoms with E-state index in [1.54, 1.807) is 0 Å². The second kappa shape index (κ2) is 6.60. The van der Waals surface area contributed by atoms with E-state index in [0.717, 1.165) is 12.2 Å². The molecule has 0 saturated heterocycles. The topological polar surface area (TPSA) is 80.3 Å². The minimum atomic E-state index is -1.42. The average molecular weight is 176 g/mol. The standard InChI is InChI=1S/C8H4O4.2Li/c9-7(10)5-1-2-6(4-3-5)8(11)12;;/h1,4H,(H,9,10)(H,11,12);;/p-2. The Morgan fingerprint density at radius 3 is 1.36 bits per heavy atom. The molecule has 1 aliphatic carbocycles.